The Morgan fingerprint density at radius 3 is 2.69 bits per heavy atom. The second-order valence-electron chi connectivity index (χ2n) is 8.95. The van der Waals surface area contributed by atoms with Gasteiger partial charge in [0.05, 0.1) is 16.3 Å². The Morgan fingerprint density at radius 2 is 1.80 bits per heavy atom. The Balaban J connectivity index is 1.50. The fourth-order valence-corrected chi connectivity index (χ4v) is 6.31. The second-order valence-corrected chi connectivity index (χ2v) is 9.96. The highest BCUT2D eigenvalue weighted by Crippen LogP contribution is 2.41. The molecule has 3 heterocycles. The Bertz CT molecular complexity index is 1840. The summed E-state index contributed by atoms with van der Waals surface area (Å²) in [7, 11) is 0. The van der Waals surface area contributed by atoms with Crippen molar-refractivity contribution in [3.8, 4) is 0 Å². The van der Waals surface area contributed by atoms with Crippen LogP contribution in [0.5, 0.6) is 0 Å². The number of aryl methyl sites for hydroxylation is 1. The van der Waals surface area contributed by atoms with Gasteiger partial charge in [0.25, 0.3) is 5.56 Å². The zero-order valence-electron chi connectivity index (χ0n) is 18.7. The standard InChI is InChI=1S/C29H20FN3OS/c30-20-12-9-18(10-13-20)27-23-14-11-17-5-1-2-7-22(17)26(23)32-29-33(27)28(34)25(35-29)15-19-16-31-24-8-4-3-6-21(19)24/h1-10,12-13,15-16,27,31H,11,14H2/b25-15+/t27-/m0/s1. The first-order chi connectivity index (χ1) is 17.2. The topological polar surface area (TPSA) is 50.1 Å². The molecule has 0 spiro atoms. The number of H-pyrrole nitrogens is 1. The lowest BCUT2D eigenvalue weighted by Crippen LogP contribution is -2.38. The van der Waals surface area contributed by atoms with Gasteiger partial charge >= 0.3 is 0 Å². The van der Waals surface area contributed by atoms with Gasteiger partial charge in [0.1, 0.15) is 5.82 Å². The number of hydrogen-bond donors (Lipinski definition) is 1. The van der Waals surface area contributed by atoms with Crippen LogP contribution in [0.3, 0.4) is 0 Å². The van der Waals surface area contributed by atoms with Crippen molar-refractivity contribution >= 4 is 34.0 Å². The lowest BCUT2D eigenvalue weighted by atomic mass is 9.83. The number of para-hydroxylation sites is 1. The molecule has 4 nitrogen and oxygen atoms in total. The third-order valence-electron chi connectivity index (χ3n) is 6.97. The van der Waals surface area contributed by atoms with Crippen molar-refractivity contribution in [3.05, 3.63) is 132 Å². The molecule has 1 aliphatic carbocycles. The summed E-state index contributed by atoms with van der Waals surface area (Å²) in [6.45, 7) is 0. The number of nitrogens with one attached hydrogen (secondary N) is 1. The van der Waals surface area contributed by atoms with Gasteiger partial charge in [-0.2, -0.15) is 0 Å². The SMILES string of the molecule is O=c1/c(=C\c2c[nH]c3ccccc23)sc2n1[C@@H](c1ccc(F)cc1)C1=C(N=2)c2ccccc2CC1. The molecule has 2 aromatic heterocycles. The van der Waals surface area contributed by atoms with Crippen LogP contribution in [0.15, 0.2) is 94.4 Å². The Morgan fingerprint density at radius 1 is 1.00 bits per heavy atom. The van der Waals surface area contributed by atoms with Gasteiger partial charge in [-0.05, 0) is 53.8 Å². The normalized spacial score (nSPS) is 17.2. The molecule has 6 heteroatoms. The number of allylic oxidation sites excluding steroid dienone is 1. The lowest BCUT2D eigenvalue weighted by Gasteiger charge is -2.30. The molecule has 0 bridgehead atoms. The predicted octanol–water partition coefficient (Wildman–Crippen LogP) is 4.94. The maximum atomic E-state index is 13.8. The van der Waals surface area contributed by atoms with Gasteiger partial charge in [0.2, 0.25) is 0 Å². The number of halogens is 1. The molecule has 170 valence electrons. The van der Waals surface area contributed by atoms with Gasteiger partial charge in [-0.15, -0.1) is 0 Å². The number of nitrogens with zero attached hydrogens (tertiary/aromatic N) is 2. The van der Waals surface area contributed by atoms with E-state index in [-0.39, 0.29) is 17.4 Å². The van der Waals surface area contributed by atoms with Crippen LogP contribution in [0.4, 0.5) is 4.39 Å². The van der Waals surface area contributed by atoms with Gasteiger partial charge in [-0.3, -0.25) is 9.36 Å². The predicted molar refractivity (Wildman–Crippen MR) is 137 cm³/mol. The molecule has 0 fully saturated rings. The average molecular weight is 478 g/mol. The third kappa shape index (κ3) is 3.17. The van der Waals surface area contributed by atoms with E-state index < -0.39 is 0 Å². The number of aromatic nitrogens is 2. The summed E-state index contributed by atoms with van der Waals surface area (Å²) in [5.74, 6) is -0.288. The van der Waals surface area contributed by atoms with E-state index in [4.69, 9.17) is 4.99 Å². The molecular formula is C29H20FN3OS. The van der Waals surface area contributed by atoms with Crippen LogP contribution < -0.4 is 14.9 Å². The molecule has 7 rings (SSSR count). The molecule has 0 saturated carbocycles. The molecule has 1 aliphatic heterocycles. The quantitative estimate of drug-likeness (QED) is 0.385. The van der Waals surface area contributed by atoms with Crippen molar-refractivity contribution in [2.75, 3.05) is 0 Å². The molecule has 0 radical (unpaired) electrons. The van der Waals surface area contributed by atoms with Crippen LogP contribution in [-0.2, 0) is 6.42 Å². The minimum absolute atomic E-state index is 0.0706. The summed E-state index contributed by atoms with van der Waals surface area (Å²) < 4.78 is 16.2. The first kappa shape index (κ1) is 20.4. The fraction of sp³-hybridized carbons (Fsp3) is 0.103. The first-order valence-electron chi connectivity index (χ1n) is 11.6. The zero-order valence-corrected chi connectivity index (χ0v) is 19.5. The average Bonchev–Trinajstić information content (AvgIpc) is 3.44. The Hall–Kier alpha value is -4.03. The van der Waals surface area contributed by atoms with E-state index in [1.165, 1.54) is 29.0 Å². The number of hydrogen-bond acceptors (Lipinski definition) is 3. The zero-order chi connectivity index (χ0) is 23.5. The van der Waals surface area contributed by atoms with Crippen LogP contribution in [0.2, 0.25) is 0 Å². The van der Waals surface area contributed by atoms with Gasteiger partial charge in [0.15, 0.2) is 4.80 Å². The van der Waals surface area contributed by atoms with Crippen molar-refractivity contribution in [2.45, 2.75) is 18.9 Å². The molecule has 2 aliphatic rings. The van der Waals surface area contributed by atoms with Crippen molar-refractivity contribution in [3.63, 3.8) is 0 Å². The molecule has 0 unspecified atom stereocenters. The summed E-state index contributed by atoms with van der Waals surface area (Å²) >= 11 is 1.41. The van der Waals surface area contributed by atoms with Crippen LogP contribution in [0.25, 0.3) is 22.7 Å². The van der Waals surface area contributed by atoms with Crippen LogP contribution >= 0.6 is 11.3 Å². The van der Waals surface area contributed by atoms with Gasteiger partial charge in [0, 0.05) is 28.2 Å². The van der Waals surface area contributed by atoms with Gasteiger partial charge in [-0.1, -0.05) is 65.9 Å². The molecule has 0 saturated heterocycles. The maximum absolute atomic E-state index is 13.8. The lowest BCUT2D eigenvalue weighted by molar-refractivity contribution is 0.581. The summed E-state index contributed by atoms with van der Waals surface area (Å²) in [6.07, 6.45) is 5.58. The Labute approximate surface area is 204 Å². The van der Waals surface area contributed by atoms with Crippen LogP contribution in [-0.4, -0.2) is 9.55 Å². The van der Waals surface area contributed by atoms with E-state index in [9.17, 15) is 9.18 Å². The summed E-state index contributed by atoms with van der Waals surface area (Å²) in [5.41, 5.74) is 7.27. The number of benzene rings is 3. The highest BCUT2D eigenvalue weighted by Gasteiger charge is 2.32. The van der Waals surface area contributed by atoms with E-state index >= 15 is 0 Å². The number of fused-ring (bicyclic) bond motifs is 4. The molecule has 3 aromatic carbocycles. The van der Waals surface area contributed by atoms with Crippen molar-refractivity contribution < 1.29 is 4.39 Å². The van der Waals surface area contributed by atoms with E-state index in [1.54, 1.807) is 16.7 Å². The van der Waals surface area contributed by atoms with Gasteiger partial charge in [-0.25, -0.2) is 9.38 Å². The van der Waals surface area contributed by atoms with Crippen LogP contribution in [0, 0.1) is 5.82 Å². The number of rotatable bonds is 2. The summed E-state index contributed by atoms with van der Waals surface area (Å²) in [4.78, 5) is 22.8. The highest BCUT2D eigenvalue weighted by molar-refractivity contribution is 7.07. The largest absolute Gasteiger partial charge is 0.361 e. The molecule has 35 heavy (non-hydrogen) atoms. The minimum atomic E-state index is -0.305. The van der Waals surface area contributed by atoms with Crippen LogP contribution in [0.1, 0.15) is 34.7 Å². The van der Waals surface area contributed by atoms with E-state index in [1.807, 2.05) is 42.6 Å². The third-order valence-corrected chi connectivity index (χ3v) is 7.95. The molecule has 0 amide bonds. The van der Waals surface area contributed by atoms with Crippen molar-refractivity contribution in [1.29, 1.82) is 0 Å². The first-order valence-corrected chi connectivity index (χ1v) is 12.4. The summed E-state index contributed by atoms with van der Waals surface area (Å²) in [5, 5.41) is 1.07. The fourth-order valence-electron chi connectivity index (χ4n) is 5.32. The minimum Gasteiger partial charge on any atom is -0.361 e. The second kappa shape index (κ2) is 7.75. The smallest absolute Gasteiger partial charge is 0.271 e. The van der Waals surface area contributed by atoms with E-state index in [0.29, 0.717) is 9.33 Å². The maximum Gasteiger partial charge on any atom is 0.271 e. The molecular weight excluding hydrogens is 457 g/mol. The molecule has 1 atom stereocenters. The van der Waals surface area contributed by atoms with Crippen molar-refractivity contribution in [1.82, 2.24) is 9.55 Å². The van der Waals surface area contributed by atoms with Crippen molar-refractivity contribution in [2.24, 2.45) is 4.99 Å². The van der Waals surface area contributed by atoms with E-state index in [2.05, 4.69) is 23.2 Å². The number of thiazole rings is 1. The number of aromatic amines is 1. The Kier molecular flexibility index (Phi) is 4.51. The highest BCUT2D eigenvalue weighted by atomic mass is 32.1. The van der Waals surface area contributed by atoms with Gasteiger partial charge < -0.3 is 4.98 Å². The molecule has 5 aromatic rings. The van der Waals surface area contributed by atoms with E-state index in [0.717, 1.165) is 51.7 Å². The monoisotopic (exact) mass is 477 g/mol. The molecule has 1 N–H and O–H groups in total. The summed E-state index contributed by atoms with van der Waals surface area (Å²) in [6, 6.07) is 22.6.